The molecule has 0 bridgehead atoms. The number of para-hydroxylation sites is 2. The number of rotatable bonds is 19. The van der Waals surface area contributed by atoms with Crippen molar-refractivity contribution in [3.05, 3.63) is 125 Å². The summed E-state index contributed by atoms with van der Waals surface area (Å²) >= 11 is 0. The van der Waals surface area contributed by atoms with Gasteiger partial charge in [-0.25, -0.2) is 0 Å². The Morgan fingerprint density at radius 3 is 2.38 bits per heavy atom. The Bertz CT molecular complexity index is 2390. The van der Waals surface area contributed by atoms with Crippen LogP contribution in [0, 0.1) is 0 Å². The number of anilines is 1. The minimum Gasteiger partial charge on any atom is -0.485 e. The largest absolute Gasteiger partial charge is 0.485 e. The van der Waals surface area contributed by atoms with Crippen LogP contribution in [0.4, 0.5) is 11.4 Å². The number of ketones is 1. The first-order valence-electron chi connectivity index (χ1n) is 22.6. The van der Waals surface area contributed by atoms with Crippen LogP contribution in [-0.4, -0.2) is 77.4 Å². The fraction of sp³-hybridized carbons (Fsp3) is 0.423. The van der Waals surface area contributed by atoms with Gasteiger partial charge in [0.25, 0.3) is 5.91 Å². The molecule has 1 saturated heterocycles. The first-order valence-corrected chi connectivity index (χ1v) is 22.6. The van der Waals surface area contributed by atoms with Crippen LogP contribution in [0.2, 0.25) is 0 Å². The first kappa shape index (κ1) is 44.9. The van der Waals surface area contributed by atoms with Crippen molar-refractivity contribution < 1.29 is 33.3 Å². The topological polar surface area (TPSA) is 128 Å². The summed E-state index contributed by atoms with van der Waals surface area (Å²) in [5.41, 5.74) is 8.64. The molecule has 0 spiro atoms. The number of carbonyl (C=O) groups is 5. The third-order valence-electron chi connectivity index (χ3n) is 13.1. The molecular formula is C52H62N5O6+. The van der Waals surface area contributed by atoms with Crippen molar-refractivity contribution in [1.29, 1.82) is 0 Å². The SMILES string of the molecule is C[N+]1=C(/C=C/C=C/C=C2\N(CCCCCC(=O)NCCCCCC(=O)COc3cccc4c3CN(C3CCC(=O)NC3=O)C4=O)c3ccccc3C2(C)C)C(C)(C)c2ccccc21. The molecule has 63 heavy (non-hydrogen) atoms. The quantitative estimate of drug-likeness (QED) is 0.0540. The molecule has 0 aliphatic carbocycles. The zero-order valence-corrected chi connectivity index (χ0v) is 37.5. The zero-order valence-electron chi connectivity index (χ0n) is 37.5. The van der Waals surface area contributed by atoms with Gasteiger partial charge in [-0.2, -0.15) is 4.58 Å². The minimum atomic E-state index is -0.713. The van der Waals surface area contributed by atoms with Crippen molar-refractivity contribution in [2.45, 2.75) is 115 Å². The van der Waals surface area contributed by atoms with Gasteiger partial charge in [-0.15, -0.1) is 0 Å². The summed E-state index contributed by atoms with van der Waals surface area (Å²) in [4.78, 5) is 66.3. The summed E-state index contributed by atoms with van der Waals surface area (Å²) in [6.45, 7) is 10.7. The molecule has 4 aliphatic rings. The van der Waals surface area contributed by atoms with Crippen LogP contribution in [0.1, 0.15) is 119 Å². The Labute approximate surface area is 372 Å². The van der Waals surface area contributed by atoms with Gasteiger partial charge in [-0.3, -0.25) is 29.3 Å². The zero-order chi connectivity index (χ0) is 44.7. The van der Waals surface area contributed by atoms with Crippen molar-refractivity contribution in [2.75, 3.05) is 31.6 Å². The van der Waals surface area contributed by atoms with E-state index in [1.54, 1.807) is 18.2 Å². The predicted molar refractivity (Wildman–Crippen MR) is 246 cm³/mol. The number of nitrogens with one attached hydrogen (secondary N) is 2. The summed E-state index contributed by atoms with van der Waals surface area (Å²) in [7, 11) is 2.14. The second-order valence-corrected chi connectivity index (χ2v) is 18.2. The number of nitrogens with zero attached hydrogens (tertiary/aromatic N) is 3. The van der Waals surface area contributed by atoms with Crippen LogP contribution in [0.25, 0.3) is 0 Å². The Kier molecular flexibility index (Phi) is 13.9. The maximum Gasteiger partial charge on any atom is 0.255 e. The number of piperidine rings is 1. The van der Waals surface area contributed by atoms with Crippen molar-refractivity contribution in [3.63, 3.8) is 0 Å². The van der Waals surface area contributed by atoms with Crippen molar-refractivity contribution in [2.24, 2.45) is 0 Å². The number of benzene rings is 3. The van der Waals surface area contributed by atoms with Crippen molar-refractivity contribution >= 4 is 46.5 Å². The number of allylic oxidation sites excluding steroid dienone is 6. The summed E-state index contributed by atoms with van der Waals surface area (Å²) in [5.74, 6) is -0.615. The standard InChI is InChI=1S/C52H61N5O6/c1-51(2)39-22-13-15-24-41(39)55(5)45(51)27-10-6-11-28-46-52(3,4)40-23-14-16-25-42(40)56(46)33-18-8-12-29-47(59)53-32-17-7-9-20-36(58)35-63-44-26-19-21-37-38(44)34-57(50(37)62)43-30-31-48(60)54-49(43)61/h6,10-11,13-16,19,21-28,43H,7-9,12,17-18,20,29-35H2,1-5H3,(H-,53,54,59,60,61)/p+1. The summed E-state index contributed by atoms with van der Waals surface area (Å²) in [6.07, 6.45) is 17.3. The highest BCUT2D eigenvalue weighted by Gasteiger charge is 2.43. The maximum absolute atomic E-state index is 13.1. The third kappa shape index (κ3) is 9.77. The van der Waals surface area contributed by atoms with Crippen LogP contribution in [0.15, 0.2) is 103 Å². The highest BCUT2D eigenvalue weighted by molar-refractivity contribution is 6.06. The Morgan fingerprint density at radius 1 is 0.841 bits per heavy atom. The van der Waals surface area contributed by atoms with Crippen LogP contribution in [0.5, 0.6) is 5.75 Å². The van der Waals surface area contributed by atoms with E-state index in [0.29, 0.717) is 42.7 Å². The average molecular weight is 853 g/mol. The molecule has 11 heteroatoms. The number of imide groups is 1. The lowest BCUT2D eigenvalue weighted by Crippen LogP contribution is -2.52. The molecular weight excluding hydrogens is 791 g/mol. The second kappa shape index (κ2) is 19.5. The monoisotopic (exact) mass is 852 g/mol. The molecule has 0 radical (unpaired) electrons. The Hall–Kier alpha value is -6.10. The van der Waals surface area contributed by atoms with E-state index >= 15 is 0 Å². The molecule has 3 aromatic rings. The molecule has 0 saturated carbocycles. The highest BCUT2D eigenvalue weighted by Crippen LogP contribution is 2.48. The van der Waals surface area contributed by atoms with Gasteiger partial charge in [0.05, 0.1) is 12.0 Å². The molecule has 4 aliphatic heterocycles. The molecule has 4 amide bonds. The summed E-state index contributed by atoms with van der Waals surface area (Å²) in [5, 5.41) is 5.36. The van der Waals surface area contributed by atoms with Gasteiger partial charge in [0, 0.05) is 78.0 Å². The van der Waals surface area contributed by atoms with E-state index in [1.807, 2.05) is 0 Å². The van der Waals surface area contributed by atoms with Crippen LogP contribution in [-0.2, 0) is 36.6 Å². The Morgan fingerprint density at radius 2 is 1.59 bits per heavy atom. The molecule has 3 aromatic carbocycles. The molecule has 330 valence electrons. The molecule has 11 nitrogen and oxygen atoms in total. The Balaban J connectivity index is 0.792. The van der Waals surface area contributed by atoms with E-state index < -0.39 is 11.9 Å². The maximum atomic E-state index is 13.1. The highest BCUT2D eigenvalue weighted by atomic mass is 16.5. The third-order valence-corrected chi connectivity index (χ3v) is 13.1. The van der Waals surface area contributed by atoms with E-state index in [9.17, 15) is 24.0 Å². The molecule has 7 rings (SSSR count). The minimum absolute atomic E-state index is 0.0433. The lowest BCUT2D eigenvalue weighted by atomic mass is 9.81. The number of hydrogen-bond acceptors (Lipinski definition) is 7. The molecule has 0 aromatic heterocycles. The second-order valence-electron chi connectivity index (χ2n) is 18.2. The average Bonchev–Trinajstić information content (AvgIpc) is 3.78. The predicted octanol–water partition coefficient (Wildman–Crippen LogP) is 8.13. The molecule has 1 atom stereocenters. The lowest BCUT2D eigenvalue weighted by molar-refractivity contribution is -0.401. The fourth-order valence-corrected chi connectivity index (χ4v) is 9.64. The van der Waals surface area contributed by atoms with Gasteiger partial charge in [-0.1, -0.05) is 87.4 Å². The van der Waals surface area contributed by atoms with Gasteiger partial charge in [0.2, 0.25) is 23.4 Å². The van der Waals surface area contributed by atoms with E-state index in [1.165, 1.54) is 38.8 Å². The summed E-state index contributed by atoms with van der Waals surface area (Å²) < 4.78 is 8.16. The van der Waals surface area contributed by atoms with Gasteiger partial charge in [0.15, 0.2) is 11.5 Å². The number of unbranched alkanes of at least 4 members (excludes halogenated alkanes) is 4. The van der Waals surface area contributed by atoms with E-state index in [0.717, 1.165) is 38.6 Å². The van der Waals surface area contributed by atoms with Crippen LogP contribution in [0.3, 0.4) is 0 Å². The molecule has 1 fully saturated rings. The number of Topliss-reactive ketones (excluding diaryl/α,β-unsaturated/α-hetero) is 1. The van der Waals surface area contributed by atoms with E-state index in [2.05, 4.69) is 134 Å². The van der Waals surface area contributed by atoms with Gasteiger partial charge in [-0.05, 0) is 75.8 Å². The van der Waals surface area contributed by atoms with Crippen LogP contribution < -0.4 is 20.3 Å². The summed E-state index contributed by atoms with van der Waals surface area (Å²) in [6, 6.07) is 21.7. The number of hydrogen-bond donors (Lipinski definition) is 2. The fourth-order valence-electron chi connectivity index (χ4n) is 9.64. The van der Waals surface area contributed by atoms with E-state index in [-0.39, 0.29) is 60.3 Å². The molecule has 4 heterocycles. The normalized spacial score (nSPS) is 19.3. The van der Waals surface area contributed by atoms with Crippen molar-refractivity contribution in [1.82, 2.24) is 15.5 Å². The van der Waals surface area contributed by atoms with E-state index in [4.69, 9.17) is 4.74 Å². The van der Waals surface area contributed by atoms with Gasteiger partial charge < -0.3 is 19.9 Å². The number of carbonyl (C=O) groups excluding carboxylic acids is 5. The lowest BCUT2D eigenvalue weighted by Gasteiger charge is -2.29. The van der Waals surface area contributed by atoms with Crippen LogP contribution >= 0.6 is 0 Å². The van der Waals surface area contributed by atoms with Crippen molar-refractivity contribution in [3.8, 4) is 5.75 Å². The molecule has 1 unspecified atom stereocenters. The van der Waals surface area contributed by atoms with Gasteiger partial charge >= 0.3 is 0 Å². The number of ether oxygens (including phenoxy) is 1. The first-order chi connectivity index (χ1) is 30.3. The smallest absolute Gasteiger partial charge is 0.255 e. The van der Waals surface area contributed by atoms with Gasteiger partial charge in [0.1, 0.15) is 25.4 Å². The molecule has 2 N–H and O–H groups in total. The number of amides is 4. The number of fused-ring (bicyclic) bond motifs is 3.